The van der Waals surface area contributed by atoms with Gasteiger partial charge in [0.05, 0.1) is 10.6 Å². The van der Waals surface area contributed by atoms with Crippen molar-refractivity contribution in [3.63, 3.8) is 0 Å². The van der Waals surface area contributed by atoms with E-state index in [-0.39, 0.29) is 30.2 Å². The van der Waals surface area contributed by atoms with Crippen molar-refractivity contribution >= 4 is 35.3 Å². The quantitative estimate of drug-likeness (QED) is 0.664. The van der Waals surface area contributed by atoms with E-state index in [1.54, 1.807) is 24.3 Å². The summed E-state index contributed by atoms with van der Waals surface area (Å²) in [5.74, 6) is 0.155. The lowest BCUT2D eigenvalue weighted by atomic mass is 9.78. The number of hydrogen-bond donors (Lipinski definition) is 1. The van der Waals surface area contributed by atoms with Crippen molar-refractivity contribution in [1.29, 1.82) is 0 Å². The Morgan fingerprint density at radius 1 is 1.16 bits per heavy atom. The molecule has 0 radical (unpaired) electrons. The van der Waals surface area contributed by atoms with Gasteiger partial charge in [0.25, 0.3) is 5.91 Å². The predicted molar refractivity (Wildman–Crippen MR) is 123 cm³/mol. The molecular weight excluding hydrogens is 411 g/mol. The molecule has 162 valence electrons. The number of rotatable bonds is 4. The van der Waals surface area contributed by atoms with Crippen LogP contribution in [0.25, 0.3) is 6.08 Å². The molecule has 0 unspecified atom stereocenters. The maximum atomic E-state index is 14.2. The molecule has 1 N–H and O–H groups in total. The molecule has 1 heterocycles. The summed E-state index contributed by atoms with van der Waals surface area (Å²) in [6.45, 7) is 4.36. The van der Waals surface area contributed by atoms with Crippen molar-refractivity contribution in [3.05, 3.63) is 64.8 Å². The van der Waals surface area contributed by atoms with Crippen molar-refractivity contribution in [2.24, 2.45) is 11.8 Å². The number of para-hydroxylation sites is 1. The van der Waals surface area contributed by atoms with E-state index < -0.39 is 0 Å². The highest BCUT2D eigenvalue weighted by molar-refractivity contribution is 8.04. The third-order valence-electron chi connectivity index (χ3n) is 6.38. The second-order valence-electron chi connectivity index (χ2n) is 8.43. The molecule has 1 fully saturated rings. The highest BCUT2D eigenvalue weighted by Gasteiger charge is 2.33. The number of hydrogen-bond acceptors (Lipinski definition) is 3. The maximum absolute atomic E-state index is 14.2. The zero-order valence-electron chi connectivity index (χ0n) is 17.8. The SMILES string of the molecule is C[C@@H]1[C@H](C)CCC[C@@H]1NC(=O)CN1C(=O)/C(=C/c2ccccc2F)Sc2ccccc21. The first-order valence-electron chi connectivity index (χ1n) is 10.8. The molecule has 0 aromatic heterocycles. The van der Waals surface area contributed by atoms with E-state index in [9.17, 15) is 14.0 Å². The van der Waals surface area contributed by atoms with Crippen LogP contribution in [0, 0.1) is 17.7 Å². The van der Waals surface area contributed by atoms with Crippen molar-refractivity contribution in [1.82, 2.24) is 5.32 Å². The van der Waals surface area contributed by atoms with Crippen LogP contribution in [0.15, 0.2) is 58.3 Å². The highest BCUT2D eigenvalue weighted by atomic mass is 32.2. The van der Waals surface area contributed by atoms with Gasteiger partial charge < -0.3 is 5.32 Å². The van der Waals surface area contributed by atoms with Crippen LogP contribution in [0.2, 0.25) is 0 Å². The Labute approximate surface area is 186 Å². The van der Waals surface area contributed by atoms with Gasteiger partial charge in [-0.25, -0.2) is 4.39 Å². The molecule has 2 aromatic carbocycles. The lowest BCUT2D eigenvalue weighted by molar-refractivity contribution is -0.123. The first kappa shape index (κ1) is 21.6. The van der Waals surface area contributed by atoms with Gasteiger partial charge in [0.15, 0.2) is 0 Å². The minimum Gasteiger partial charge on any atom is -0.352 e. The van der Waals surface area contributed by atoms with Crippen molar-refractivity contribution in [3.8, 4) is 0 Å². The topological polar surface area (TPSA) is 49.4 Å². The number of nitrogens with one attached hydrogen (secondary N) is 1. The second-order valence-corrected chi connectivity index (χ2v) is 9.52. The smallest absolute Gasteiger partial charge is 0.265 e. The fourth-order valence-electron chi connectivity index (χ4n) is 4.33. The Balaban J connectivity index is 1.58. The fraction of sp³-hybridized carbons (Fsp3) is 0.360. The molecule has 2 amide bonds. The predicted octanol–water partition coefficient (Wildman–Crippen LogP) is 5.25. The lowest BCUT2D eigenvalue weighted by Gasteiger charge is -2.35. The van der Waals surface area contributed by atoms with Crippen LogP contribution in [-0.2, 0) is 9.59 Å². The molecule has 0 bridgehead atoms. The summed E-state index contributed by atoms with van der Waals surface area (Å²) in [7, 11) is 0. The number of halogens is 1. The first-order valence-corrected chi connectivity index (χ1v) is 11.6. The normalized spacial score (nSPS) is 24.7. The van der Waals surface area contributed by atoms with Gasteiger partial charge in [-0.2, -0.15) is 0 Å². The number of carbonyl (C=O) groups is 2. The van der Waals surface area contributed by atoms with Gasteiger partial charge in [-0.3, -0.25) is 14.5 Å². The van der Waals surface area contributed by atoms with Crippen molar-refractivity contribution in [2.75, 3.05) is 11.4 Å². The molecular formula is C25H27FN2O2S. The Bertz CT molecular complexity index is 1020. The van der Waals surface area contributed by atoms with Gasteiger partial charge >= 0.3 is 0 Å². The van der Waals surface area contributed by atoms with E-state index in [1.165, 1.54) is 29.1 Å². The number of carbonyl (C=O) groups excluding carboxylic acids is 2. The van der Waals surface area contributed by atoms with Gasteiger partial charge in [0, 0.05) is 16.5 Å². The van der Waals surface area contributed by atoms with Crippen molar-refractivity contribution < 1.29 is 14.0 Å². The molecule has 1 aliphatic heterocycles. The molecule has 6 heteroatoms. The van der Waals surface area contributed by atoms with Gasteiger partial charge in [0.1, 0.15) is 12.4 Å². The molecule has 2 aliphatic rings. The number of anilines is 1. The summed E-state index contributed by atoms with van der Waals surface area (Å²) >= 11 is 1.31. The van der Waals surface area contributed by atoms with Crippen LogP contribution in [-0.4, -0.2) is 24.4 Å². The summed E-state index contributed by atoms with van der Waals surface area (Å²) in [4.78, 5) is 29.0. The molecule has 31 heavy (non-hydrogen) atoms. The third-order valence-corrected chi connectivity index (χ3v) is 7.46. The van der Waals surface area contributed by atoms with Crippen LogP contribution >= 0.6 is 11.8 Å². The molecule has 1 saturated carbocycles. The van der Waals surface area contributed by atoms with Crippen LogP contribution in [0.3, 0.4) is 0 Å². The lowest BCUT2D eigenvalue weighted by Crippen LogP contribution is -2.49. The van der Waals surface area contributed by atoms with Crippen LogP contribution in [0.4, 0.5) is 10.1 Å². The number of amides is 2. The Hall–Kier alpha value is -2.60. The fourth-order valence-corrected chi connectivity index (χ4v) is 5.38. The zero-order valence-corrected chi connectivity index (χ0v) is 18.6. The number of benzene rings is 2. The minimum atomic E-state index is -0.382. The number of fused-ring (bicyclic) bond motifs is 1. The van der Waals surface area contributed by atoms with E-state index in [4.69, 9.17) is 0 Å². The second kappa shape index (κ2) is 9.27. The van der Waals surface area contributed by atoms with Gasteiger partial charge in [-0.1, -0.05) is 68.8 Å². The number of nitrogens with zero attached hydrogens (tertiary/aromatic N) is 1. The Morgan fingerprint density at radius 3 is 2.71 bits per heavy atom. The largest absolute Gasteiger partial charge is 0.352 e. The maximum Gasteiger partial charge on any atom is 0.265 e. The summed E-state index contributed by atoms with van der Waals surface area (Å²) in [6.07, 6.45) is 4.82. The third kappa shape index (κ3) is 4.69. The van der Waals surface area contributed by atoms with E-state index in [0.29, 0.717) is 28.0 Å². The monoisotopic (exact) mass is 438 g/mol. The summed E-state index contributed by atoms with van der Waals surface area (Å²) in [6, 6.07) is 14.0. The van der Waals surface area contributed by atoms with Crippen LogP contribution in [0.1, 0.15) is 38.7 Å². The molecule has 0 saturated heterocycles. The zero-order chi connectivity index (χ0) is 22.0. The summed E-state index contributed by atoms with van der Waals surface area (Å²) < 4.78 is 14.2. The molecule has 2 aromatic rings. The first-order chi connectivity index (χ1) is 14.9. The van der Waals surface area contributed by atoms with Crippen molar-refractivity contribution in [2.45, 2.75) is 44.0 Å². The van der Waals surface area contributed by atoms with Gasteiger partial charge in [-0.05, 0) is 42.5 Å². The molecule has 4 nitrogen and oxygen atoms in total. The minimum absolute atomic E-state index is 0.0530. The van der Waals surface area contributed by atoms with Crippen LogP contribution < -0.4 is 10.2 Å². The standard InChI is InChI=1S/C25H27FN2O2S/c1-16-8-7-11-20(17(16)2)27-24(29)15-28-21-12-5-6-13-22(21)31-23(25(28)30)14-18-9-3-4-10-19(18)26/h3-6,9-10,12-14,16-17,20H,7-8,11,15H2,1-2H3,(H,27,29)/b23-14-/t16-,17-,20+/m1/s1. The van der Waals surface area contributed by atoms with E-state index in [2.05, 4.69) is 19.2 Å². The van der Waals surface area contributed by atoms with Gasteiger partial charge in [0.2, 0.25) is 5.91 Å². The van der Waals surface area contributed by atoms with E-state index >= 15 is 0 Å². The summed E-state index contributed by atoms with van der Waals surface area (Å²) in [5.41, 5.74) is 1.07. The molecule has 3 atom stereocenters. The molecule has 0 spiro atoms. The molecule has 4 rings (SSSR count). The average Bonchev–Trinajstić information content (AvgIpc) is 2.76. The van der Waals surface area contributed by atoms with E-state index in [0.717, 1.165) is 17.7 Å². The van der Waals surface area contributed by atoms with E-state index in [1.807, 2.05) is 24.3 Å². The molecule has 1 aliphatic carbocycles. The number of thioether (sulfide) groups is 1. The van der Waals surface area contributed by atoms with Gasteiger partial charge in [-0.15, -0.1) is 0 Å². The average molecular weight is 439 g/mol. The highest BCUT2D eigenvalue weighted by Crippen LogP contribution is 2.42. The Morgan fingerprint density at radius 2 is 1.90 bits per heavy atom. The van der Waals surface area contributed by atoms with Crippen LogP contribution in [0.5, 0.6) is 0 Å². The Kier molecular flexibility index (Phi) is 6.46. The summed E-state index contributed by atoms with van der Waals surface area (Å²) in [5, 5.41) is 3.15.